The number of non-ortho nitro benzene ring substituents is 1. The Balaban J connectivity index is 2.69. The van der Waals surface area contributed by atoms with E-state index in [2.05, 4.69) is 19.2 Å². The monoisotopic (exact) mass is 266 g/mol. The maximum Gasteiger partial charge on any atom is 0.271 e. The van der Waals surface area contributed by atoms with E-state index in [-0.39, 0.29) is 16.0 Å². The van der Waals surface area contributed by atoms with E-state index in [9.17, 15) is 10.1 Å². The number of methoxy groups -OCH3 is 1. The zero-order chi connectivity index (χ0) is 14.5. The fraction of sp³-hybridized carbons (Fsp3) is 0.571. The highest BCUT2D eigenvalue weighted by molar-refractivity contribution is 5.53. The Morgan fingerprint density at radius 1 is 1.37 bits per heavy atom. The maximum atomic E-state index is 10.8. The molecular formula is C14H22N2O3. The second-order valence-corrected chi connectivity index (χ2v) is 5.57. The van der Waals surface area contributed by atoms with Crippen molar-refractivity contribution in [1.82, 2.24) is 0 Å². The minimum absolute atomic E-state index is 0.0779. The number of rotatable bonds is 7. The molecule has 1 N–H and O–H groups in total. The number of aryl methyl sites for hydroxylation is 1. The summed E-state index contributed by atoms with van der Waals surface area (Å²) in [6.45, 7) is 7.60. The van der Waals surface area contributed by atoms with Crippen LogP contribution < -0.4 is 5.32 Å². The first-order valence-electron chi connectivity index (χ1n) is 6.33. The molecule has 0 saturated heterocycles. The average molecular weight is 266 g/mol. The largest absolute Gasteiger partial charge is 0.385 e. The summed E-state index contributed by atoms with van der Waals surface area (Å²) in [6.07, 6.45) is 0.935. The minimum Gasteiger partial charge on any atom is -0.385 e. The van der Waals surface area contributed by atoms with Gasteiger partial charge in [-0.25, -0.2) is 0 Å². The van der Waals surface area contributed by atoms with Crippen LogP contribution in [0.3, 0.4) is 0 Å². The molecule has 5 nitrogen and oxygen atoms in total. The third-order valence-electron chi connectivity index (χ3n) is 3.03. The van der Waals surface area contributed by atoms with Crippen molar-refractivity contribution in [1.29, 1.82) is 0 Å². The van der Waals surface area contributed by atoms with E-state index in [0.717, 1.165) is 24.2 Å². The van der Waals surface area contributed by atoms with Crippen molar-refractivity contribution in [2.24, 2.45) is 5.41 Å². The standard InChI is InChI=1S/C14H22N2O3/c1-11-7-12(9-13(8-11)16(17)18)15-10-14(2,3)5-6-19-4/h7-9,15H,5-6,10H2,1-4H3. The normalized spacial score (nSPS) is 11.4. The van der Waals surface area contributed by atoms with Gasteiger partial charge in [-0.2, -0.15) is 0 Å². The van der Waals surface area contributed by atoms with Crippen LogP contribution in [-0.4, -0.2) is 25.2 Å². The zero-order valence-corrected chi connectivity index (χ0v) is 12.0. The molecule has 0 aliphatic rings. The van der Waals surface area contributed by atoms with Gasteiger partial charge in [-0.05, 0) is 30.4 Å². The molecule has 0 aliphatic heterocycles. The van der Waals surface area contributed by atoms with Crippen molar-refractivity contribution in [2.45, 2.75) is 27.2 Å². The summed E-state index contributed by atoms with van der Waals surface area (Å²) < 4.78 is 5.08. The number of ether oxygens (including phenoxy) is 1. The summed E-state index contributed by atoms with van der Waals surface area (Å²) in [5.74, 6) is 0. The molecule has 0 fully saturated rings. The summed E-state index contributed by atoms with van der Waals surface area (Å²) in [5, 5.41) is 14.1. The molecule has 0 aromatic heterocycles. The number of nitrogens with one attached hydrogen (secondary N) is 1. The zero-order valence-electron chi connectivity index (χ0n) is 12.0. The molecule has 0 unspecified atom stereocenters. The van der Waals surface area contributed by atoms with Crippen molar-refractivity contribution in [3.05, 3.63) is 33.9 Å². The lowest BCUT2D eigenvalue weighted by atomic mass is 9.89. The van der Waals surface area contributed by atoms with E-state index in [0.29, 0.717) is 6.61 Å². The van der Waals surface area contributed by atoms with Crippen LogP contribution in [-0.2, 0) is 4.74 Å². The molecule has 1 aromatic rings. The Labute approximate surface area is 114 Å². The first-order chi connectivity index (χ1) is 8.84. The van der Waals surface area contributed by atoms with Gasteiger partial charge in [0.05, 0.1) is 4.92 Å². The van der Waals surface area contributed by atoms with Gasteiger partial charge >= 0.3 is 0 Å². The van der Waals surface area contributed by atoms with Crippen LogP contribution in [0.1, 0.15) is 25.8 Å². The van der Waals surface area contributed by atoms with Crippen molar-refractivity contribution < 1.29 is 9.66 Å². The van der Waals surface area contributed by atoms with Crippen LogP contribution >= 0.6 is 0 Å². The SMILES string of the molecule is COCCC(C)(C)CNc1cc(C)cc([N+](=O)[O-])c1. The lowest BCUT2D eigenvalue weighted by Gasteiger charge is -2.25. The van der Waals surface area contributed by atoms with Crippen LogP contribution in [0.4, 0.5) is 11.4 Å². The maximum absolute atomic E-state index is 10.8. The van der Waals surface area contributed by atoms with E-state index in [1.165, 1.54) is 0 Å². The molecule has 0 atom stereocenters. The fourth-order valence-corrected chi connectivity index (χ4v) is 1.78. The van der Waals surface area contributed by atoms with E-state index >= 15 is 0 Å². The van der Waals surface area contributed by atoms with Gasteiger partial charge in [-0.1, -0.05) is 13.8 Å². The highest BCUT2D eigenvalue weighted by atomic mass is 16.6. The van der Waals surface area contributed by atoms with Gasteiger partial charge in [0.1, 0.15) is 0 Å². The van der Waals surface area contributed by atoms with Crippen LogP contribution in [0.15, 0.2) is 18.2 Å². The molecule has 106 valence electrons. The number of hydrogen-bond acceptors (Lipinski definition) is 4. The van der Waals surface area contributed by atoms with Gasteiger partial charge in [-0.3, -0.25) is 10.1 Å². The molecule has 1 aromatic carbocycles. The van der Waals surface area contributed by atoms with Gasteiger partial charge < -0.3 is 10.1 Å². The lowest BCUT2D eigenvalue weighted by molar-refractivity contribution is -0.384. The molecule has 0 saturated carbocycles. The third-order valence-corrected chi connectivity index (χ3v) is 3.03. The predicted octanol–water partition coefficient (Wildman–Crippen LogP) is 3.38. The van der Waals surface area contributed by atoms with Crippen molar-refractivity contribution >= 4 is 11.4 Å². The Bertz CT molecular complexity index is 444. The molecule has 19 heavy (non-hydrogen) atoms. The van der Waals surface area contributed by atoms with Crippen LogP contribution in [0.5, 0.6) is 0 Å². The van der Waals surface area contributed by atoms with Crippen molar-refractivity contribution in [2.75, 3.05) is 25.6 Å². The first kappa shape index (κ1) is 15.4. The van der Waals surface area contributed by atoms with Crippen molar-refractivity contribution in [3.63, 3.8) is 0 Å². The molecule has 5 heteroatoms. The Morgan fingerprint density at radius 3 is 2.63 bits per heavy atom. The van der Waals surface area contributed by atoms with E-state index in [1.54, 1.807) is 19.2 Å². The Kier molecular flexibility index (Phi) is 5.30. The van der Waals surface area contributed by atoms with E-state index in [4.69, 9.17) is 4.74 Å². The predicted molar refractivity (Wildman–Crippen MR) is 76.6 cm³/mol. The molecule has 0 aliphatic carbocycles. The minimum atomic E-state index is -0.367. The highest BCUT2D eigenvalue weighted by Gasteiger charge is 2.17. The average Bonchev–Trinajstić information content (AvgIpc) is 2.33. The molecule has 0 spiro atoms. The number of hydrogen-bond donors (Lipinski definition) is 1. The van der Waals surface area contributed by atoms with Crippen molar-refractivity contribution in [3.8, 4) is 0 Å². The number of nitro groups is 1. The first-order valence-corrected chi connectivity index (χ1v) is 6.33. The topological polar surface area (TPSA) is 64.4 Å². The molecule has 0 heterocycles. The number of anilines is 1. The second-order valence-electron chi connectivity index (χ2n) is 5.57. The van der Waals surface area contributed by atoms with Gasteiger partial charge in [0.2, 0.25) is 0 Å². The summed E-state index contributed by atoms with van der Waals surface area (Å²) >= 11 is 0. The summed E-state index contributed by atoms with van der Waals surface area (Å²) in [4.78, 5) is 10.4. The van der Waals surface area contributed by atoms with Crippen LogP contribution in [0.2, 0.25) is 0 Å². The third kappa shape index (κ3) is 5.26. The highest BCUT2D eigenvalue weighted by Crippen LogP contribution is 2.24. The summed E-state index contributed by atoms with van der Waals surface area (Å²) in [5.41, 5.74) is 1.87. The quantitative estimate of drug-likeness (QED) is 0.607. The molecule has 0 radical (unpaired) electrons. The summed E-state index contributed by atoms with van der Waals surface area (Å²) in [6, 6.07) is 5.06. The van der Waals surface area contributed by atoms with Gasteiger partial charge in [0.25, 0.3) is 5.69 Å². The van der Waals surface area contributed by atoms with E-state index < -0.39 is 0 Å². The second kappa shape index (κ2) is 6.52. The Hall–Kier alpha value is -1.62. The smallest absolute Gasteiger partial charge is 0.271 e. The van der Waals surface area contributed by atoms with Gasteiger partial charge in [0, 0.05) is 38.1 Å². The number of benzene rings is 1. The number of nitrogens with zero attached hydrogens (tertiary/aromatic N) is 1. The molecule has 1 rings (SSSR count). The van der Waals surface area contributed by atoms with Crippen LogP contribution in [0.25, 0.3) is 0 Å². The molecule has 0 bridgehead atoms. The molecular weight excluding hydrogens is 244 g/mol. The van der Waals surface area contributed by atoms with Gasteiger partial charge in [0.15, 0.2) is 0 Å². The van der Waals surface area contributed by atoms with E-state index in [1.807, 2.05) is 13.0 Å². The Morgan fingerprint density at radius 2 is 2.05 bits per heavy atom. The number of nitro benzene ring substituents is 1. The molecule has 0 amide bonds. The fourth-order valence-electron chi connectivity index (χ4n) is 1.78. The summed E-state index contributed by atoms with van der Waals surface area (Å²) in [7, 11) is 1.69. The van der Waals surface area contributed by atoms with Gasteiger partial charge in [-0.15, -0.1) is 0 Å². The van der Waals surface area contributed by atoms with Crippen LogP contribution in [0, 0.1) is 22.5 Å². The lowest BCUT2D eigenvalue weighted by Crippen LogP contribution is -2.24.